The Morgan fingerprint density at radius 1 is 1.50 bits per heavy atom. The summed E-state index contributed by atoms with van der Waals surface area (Å²) in [5.41, 5.74) is 8.80. The van der Waals surface area contributed by atoms with E-state index in [2.05, 4.69) is 0 Å². The molecule has 1 saturated heterocycles. The molecule has 0 bridgehead atoms. The summed E-state index contributed by atoms with van der Waals surface area (Å²) in [4.78, 5) is 14.4. The molecule has 2 aliphatic rings. The maximum absolute atomic E-state index is 12.6. The zero-order chi connectivity index (χ0) is 12.7. The molecule has 4 nitrogen and oxygen atoms in total. The molecular formula is C14H18N2O2. The highest BCUT2D eigenvalue weighted by Crippen LogP contribution is 2.36. The summed E-state index contributed by atoms with van der Waals surface area (Å²) in [6.45, 7) is 3.40. The Balaban J connectivity index is 1.90. The Kier molecular flexibility index (Phi) is 2.74. The lowest BCUT2D eigenvalue weighted by Crippen LogP contribution is -2.37. The Bertz CT molecular complexity index is 487. The van der Waals surface area contributed by atoms with Crippen molar-refractivity contribution in [3.63, 3.8) is 0 Å². The Hall–Kier alpha value is -1.55. The summed E-state index contributed by atoms with van der Waals surface area (Å²) in [6, 6.07) is 5.86. The molecule has 2 unspecified atom stereocenters. The molecular weight excluding hydrogens is 228 g/mol. The molecule has 0 radical (unpaired) electrons. The molecule has 2 aliphatic heterocycles. The lowest BCUT2D eigenvalue weighted by molar-refractivity contribution is -0.123. The van der Waals surface area contributed by atoms with Crippen LogP contribution in [0.4, 0.5) is 11.4 Å². The van der Waals surface area contributed by atoms with Crippen LogP contribution in [0.1, 0.15) is 18.9 Å². The van der Waals surface area contributed by atoms with Crippen molar-refractivity contribution in [2.45, 2.75) is 25.9 Å². The van der Waals surface area contributed by atoms with Crippen molar-refractivity contribution >= 4 is 17.3 Å². The summed E-state index contributed by atoms with van der Waals surface area (Å²) in [5, 5.41) is 0. The number of nitrogens with two attached hydrogens (primary N) is 1. The quantitative estimate of drug-likeness (QED) is 0.765. The van der Waals surface area contributed by atoms with Gasteiger partial charge in [0.15, 0.2) is 0 Å². The number of benzene rings is 1. The van der Waals surface area contributed by atoms with Crippen LogP contribution in [-0.4, -0.2) is 25.2 Å². The van der Waals surface area contributed by atoms with Gasteiger partial charge in [-0.3, -0.25) is 4.79 Å². The minimum atomic E-state index is -0.0180. The maximum Gasteiger partial charge on any atom is 0.232 e. The van der Waals surface area contributed by atoms with Crippen molar-refractivity contribution in [1.29, 1.82) is 0 Å². The van der Waals surface area contributed by atoms with E-state index in [0.717, 1.165) is 25.1 Å². The van der Waals surface area contributed by atoms with Gasteiger partial charge in [0.05, 0.1) is 23.4 Å². The number of amides is 1. The molecule has 0 saturated carbocycles. The van der Waals surface area contributed by atoms with Gasteiger partial charge in [-0.15, -0.1) is 0 Å². The van der Waals surface area contributed by atoms with E-state index in [1.54, 1.807) is 0 Å². The van der Waals surface area contributed by atoms with Gasteiger partial charge in [-0.1, -0.05) is 12.1 Å². The molecule has 96 valence electrons. The van der Waals surface area contributed by atoms with Crippen molar-refractivity contribution < 1.29 is 9.53 Å². The predicted octanol–water partition coefficient (Wildman–Crippen LogP) is 1.58. The molecule has 2 heterocycles. The van der Waals surface area contributed by atoms with Gasteiger partial charge in [0, 0.05) is 13.2 Å². The zero-order valence-electron chi connectivity index (χ0n) is 10.6. The molecule has 0 spiro atoms. The van der Waals surface area contributed by atoms with E-state index in [4.69, 9.17) is 10.5 Å². The predicted molar refractivity (Wildman–Crippen MR) is 70.4 cm³/mol. The fourth-order valence-electron chi connectivity index (χ4n) is 2.96. The normalized spacial score (nSPS) is 26.4. The first-order chi connectivity index (χ1) is 8.68. The van der Waals surface area contributed by atoms with Crippen LogP contribution >= 0.6 is 0 Å². The Labute approximate surface area is 107 Å². The van der Waals surface area contributed by atoms with E-state index in [-0.39, 0.29) is 17.9 Å². The third-order valence-electron chi connectivity index (χ3n) is 3.98. The number of carbonyl (C=O) groups is 1. The first-order valence-electron chi connectivity index (χ1n) is 6.49. The van der Waals surface area contributed by atoms with Crippen LogP contribution in [0.3, 0.4) is 0 Å². The highest BCUT2D eigenvalue weighted by molar-refractivity contribution is 6.00. The fourth-order valence-corrected chi connectivity index (χ4v) is 2.96. The first kappa shape index (κ1) is 11.5. The molecule has 1 amide bonds. The van der Waals surface area contributed by atoms with Crippen LogP contribution in [-0.2, 0) is 16.0 Å². The second kappa shape index (κ2) is 4.28. The molecule has 1 aromatic rings. The van der Waals surface area contributed by atoms with Gasteiger partial charge in [-0.25, -0.2) is 0 Å². The van der Waals surface area contributed by atoms with Crippen LogP contribution in [0.5, 0.6) is 0 Å². The van der Waals surface area contributed by atoms with E-state index in [1.165, 1.54) is 5.56 Å². The van der Waals surface area contributed by atoms with Gasteiger partial charge in [0.25, 0.3) is 0 Å². The van der Waals surface area contributed by atoms with E-state index < -0.39 is 0 Å². The smallest absolute Gasteiger partial charge is 0.232 e. The van der Waals surface area contributed by atoms with E-state index in [0.29, 0.717) is 12.3 Å². The average molecular weight is 246 g/mol. The van der Waals surface area contributed by atoms with Gasteiger partial charge in [-0.2, -0.15) is 0 Å². The van der Waals surface area contributed by atoms with Crippen molar-refractivity contribution in [1.82, 2.24) is 0 Å². The summed E-state index contributed by atoms with van der Waals surface area (Å²) in [6.07, 6.45) is 1.73. The summed E-state index contributed by atoms with van der Waals surface area (Å²) < 4.78 is 5.49. The molecule has 2 atom stereocenters. The van der Waals surface area contributed by atoms with Crippen LogP contribution in [0.25, 0.3) is 0 Å². The standard InChI is InChI=1S/C14H18N2O2/c1-9-11(6-8-18-9)14(17)16-7-5-10-3-2-4-12(15)13(10)16/h2-4,9,11H,5-8,15H2,1H3. The number of anilines is 2. The van der Waals surface area contributed by atoms with Crippen LogP contribution in [0.15, 0.2) is 18.2 Å². The molecule has 1 fully saturated rings. The lowest BCUT2D eigenvalue weighted by atomic mass is 10.0. The number of hydrogen-bond acceptors (Lipinski definition) is 3. The number of hydrogen-bond donors (Lipinski definition) is 1. The topological polar surface area (TPSA) is 55.6 Å². The Morgan fingerprint density at radius 3 is 3.06 bits per heavy atom. The number of ether oxygens (including phenoxy) is 1. The molecule has 18 heavy (non-hydrogen) atoms. The molecule has 0 aliphatic carbocycles. The van der Waals surface area contributed by atoms with Crippen LogP contribution in [0, 0.1) is 5.92 Å². The zero-order valence-corrected chi connectivity index (χ0v) is 10.6. The fraction of sp³-hybridized carbons (Fsp3) is 0.500. The van der Waals surface area contributed by atoms with Crippen molar-refractivity contribution in [2.75, 3.05) is 23.8 Å². The number of rotatable bonds is 1. The number of nitrogens with zero attached hydrogens (tertiary/aromatic N) is 1. The van der Waals surface area contributed by atoms with E-state index in [9.17, 15) is 4.79 Å². The van der Waals surface area contributed by atoms with Crippen LogP contribution < -0.4 is 10.6 Å². The highest BCUT2D eigenvalue weighted by Gasteiger charge is 2.37. The Morgan fingerprint density at radius 2 is 2.33 bits per heavy atom. The molecule has 4 heteroatoms. The van der Waals surface area contributed by atoms with Gasteiger partial charge in [-0.05, 0) is 31.4 Å². The summed E-state index contributed by atoms with van der Waals surface area (Å²) in [5.74, 6) is 0.146. The third kappa shape index (κ3) is 1.68. The van der Waals surface area contributed by atoms with E-state index in [1.807, 2.05) is 30.0 Å². The molecule has 3 rings (SSSR count). The molecule has 0 aromatic heterocycles. The van der Waals surface area contributed by atoms with Gasteiger partial charge in [0.2, 0.25) is 5.91 Å². The third-order valence-corrected chi connectivity index (χ3v) is 3.98. The maximum atomic E-state index is 12.6. The summed E-state index contributed by atoms with van der Waals surface area (Å²) in [7, 11) is 0. The minimum absolute atomic E-state index is 0.0180. The molecule has 1 aromatic carbocycles. The van der Waals surface area contributed by atoms with Crippen molar-refractivity contribution in [2.24, 2.45) is 5.92 Å². The summed E-state index contributed by atoms with van der Waals surface area (Å²) >= 11 is 0. The largest absolute Gasteiger partial charge is 0.397 e. The van der Waals surface area contributed by atoms with Crippen molar-refractivity contribution in [3.05, 3.63) is 23.8 Å². The lowest BCUT2D eigenvalue weighted by Gasteiger charge is -2.23. The minimum Gasteiger partial charge on any atom is -0.397 e. The highest BCUT2D eigenvalue weighted by atomic mass is 16.5. The first-order valence-corrected chi connectivity index (χ1v) is 6.49. The van der Waals surface area contributed by atoms with Gasteiger partial charge < -0.3 is 15.4 Å². The molecule has 2 N–H and O–H groups in total. The number of para-hydroxylation sites is 1. The average Bonchev–Trinajstić information content (AvgIpc) is 2.95. The van der Waals surface area contributed by atoms with Crippen molar-refractivity contribution in [3.8, 4) is 0 Å². The number of carbonyl (C=O) groups excluding carboxylic acids is 1. The second-order valence-corrected chi connectivity index (χ2v) is 5.07. The SMILES string of the molecule is CC1OCCC1C(=O)N1CCc2cccc(N)c21. The number of fused-ring (bicyclic) bond motifs is 1. The second-order valence-electron chi connectivity index (χ2n) is 5.07. The van der Waals surface area contributed by atoms with Gasteiger partial charge in [0.1, 0.15) is 0 Å². The van der Waals surface area contributed by atoms with Crippen LogP contribution in [0.2, 0.25) is 0 Å². The van der Waals surface area contributed by atoms with Gasteiger partial charge >= 0.3 is 0 Å². The number of nitrogen functional groups attached to an aromatic ring is 1. The van der Waals surface area contributed by atoms with E-state index >= 15 is 0 Å². The monoisotopic (exact) mass is 246 g/mol.